The fraction of sp³-hybridized carbons (Fsp3) is 0.231. The summed E-state index contributed by atoms with van der Waals surface area (Å²) in [7, 11) is 1.35. The molecule has 2 aromatic rings. The maximum atomic E-state index is 12.7. The topological polar surface area (TPSA) is 46.9 Å². The first-order valence-electron chi connectivity index (χ1n) is 5.87. The van der Waals surface area contributed by atoms with Crippen molar-refractivity contribution >= 4 is 27.6 Å². The van der Waals surface area contributed by atoms with Crippen LogP contribution in [0.5, 0.6) is 0 Å². The lowest BCUT2D eigenvalue weighted by atomic mass is 10.2. The Labute approximate surface area is 126 Å². The minimum Gasteiger partial charge on any atom is -0.325 e. The van der Waals surface area contributed by atoms with E-state index >= 15 is 0 Å². The van der Waals surface area contributed by atoms with Crippen LogP contribution in [0.2, 0.25) is 0 Å². The van der Waals surface area contributed by atoms with E-state index in [9.17, 15) is 18.0 Å². The lowest BCUT2D eigenvalue weighted by molar-refractivity contribution is -0.141. The molecule has 0 bridgehead atoms. The van der Waals surface area contributed by atoms with Gasteiger partial charge in [0.15, 0.2) is 5.69 Å². The van der Waals surface area contributed by atoms with Gasteiger partial charge in [0.1, 0.15) is 0 Å². The molecule has 1 aromatic heterocycles. The van der Waals surface area contributed by atoms with Gasteiger partial charge in [-0.1, -0.05) is 22.0 Å². The monoisotopic (exact) mass is 361 g/mol. The number of alkyl halides is 3. The second-order valence-electron chi connectivity index (χ2n) is 4.40. The Balaban J connectivity index is 2.52. The molecule has 2 rings (SSSR count). The van der Waals surface area contributed by atoms with E-state index in [1.165, 1.54) is 7.05 Å². The van der Waals surface area contributed by atoms with Crippen molar-refractivity contribution < 1.29 is 13.2 Å². The predicted molar refractivity (Wildman–Crippen MR) is 76.6 cm³/mol. The molecular weight excluding hydrogens is 351 g/mol. The van der Waals surface area contributed by atoms with E-state index in [2.05, 4.69) is 26.2 Å². The summed E-state index contributed by atoms with van der Waals surface area (Å²) in [5, 5.41) is 2.76. The fourth-order valence-corrected chi connectivity index (χ4v) is 2.03. The molecule has 1 aromatic carbocycles. The van der Waals surface area contributed by atoms with Crippen molar-refractivity contribution in [2.75, 3.05) is 5.32 Å². The largest absolute Gasteiger partial charge is 0.433 e. The first-order chi connectivity index (χ1) is 9.70. The maximum Gasteiger partial charge on any atom is 0.433 e. The van der Waals surface area contributed by atoms with Gasteiger partial charge in [-0.25, -0.2) is 4.98 Å². The number of nitrogens with one attached hydrogen (secondary N) is 1. The van der Waals surface area contributed by atoms with Crippen molar-refractivity contribution in [2.24, 2.45) is 7.05 Å². The third-order valence-electron chi connectivity index (χ3n) is 2.94. The summed E-state index contributed by atoms with van der Waals surface area (Å²) in [4.78, 5) is 15.1. The molecule has 1 N–H and O–H groups in total. The average molecular weight is 362 g/mol. The number of aromatic nitrogens is 2. The van der Waals surface area contributed by atoms with Gasteiger partial charge in [-0.2, -0.15) is 13.2 Å². The van der Waals surface area contributed by atoms with Gasteiger partial charge in [-0.05, 0) is 24.6 Å². The third kappa shape index (κ3) is 3.26. The third-order valence-corrected chi connectivity index (χ3v) is 3.80. The van der Waals surface area contributed by atoms with E-state index in [-0.39, 0.29) is 5.95 Å². The summed E-state index contributed by atoms with van der Waals surface area (Å²) < 4.78 is 40.0. The van der Waals surface area contributed by atoms with Crippen LogP contribution >= 0.6 is 15.9 Å². The number of rotatable bonds is 2. The van der Waals surface area contributed by atoms with Crippen molar-refractivity contribution in [1.82, 2.24) is 9.55 Å². The van der Waals surface area contributed by atoms with Gasteiger partial charge in [-0.3, -0.25) is 9.36 Å². The van der Waals surface area contributed by atoms with Gasteiger partial charge >= 0.3 is 6.18 Å². The quantitative estimate of drug-likeness (QED) is 0.888. The van der Waals surface area contributed by atoms with Crippen LogP contribution in [-0.2, 0) is 13.2 Å². The summed E-state index contributed by atoms with van der Waals surface area (Å²) in [6, 6.07) is 5.69. The Hall–Kier alpha value is -1.83. The summed E-state index contributed by atoms with van der Waals surface area (Å²) in [5.41, 5.74) is -0.649. The SMILES string of the molecule is Cc1c(Br)cccc1Nc1nc(C(F)(F)F)cc(=O)n1C. The Morgan fingerprint density at radius 2 is 2.00 bits per heavy atom. The van der Waals surface area contributed by atoms with Gasteiger partial charge in [0, 0.05) is 23.3 Å². The number of halogens is 4. The maximum absolute atomic E-state index is 12.7. The van der Waals surface area contributed by atoms with Crippen LogP contribution < -0.4 is 10.9 Å². The van der Waals surface area contributed by atoms with Gasteiger partial charge in [0.25, 0.3) is 5.56 Å². The van der Waals surface area contributed by atoms with Crippen LogP contribution in [0.4, 0.5) is 24.8 Å². The molecule has 0 aliphatic heterocycles. The fourth-order valence-electron chi connectivity index (χ4n) is 1.66. The zero-order valence-electron chi connectivity index (χ0n) is 11.1. The Morgan fingerprint density at radius 3 is 2.62 bits per heavy atom. The van der Waals surface area contributed by atoms with E-state index in [0.717, 1.165) is 14.6 Å². The van der Waals surface area contributed by atoms with Crippen molar-refractivity contribution in [3.8, 4) is 0 Å². The highest BCUT2D eigenvalue weighted by atomic mass is 79.9. The van der Waals surface area contributed by atoms with Crippen molar-refractivity contribution in [3.05, 3.63) is 50.3 Å². The number of nitrogens with zero attached hydrogens (tertiary/aromatic N) is 2. The van der Waals surface area contributed by atoms with Crippen LogP contribution in [0.3, 0.4) is 0 Å². The minimum absolute atomic E-state index is 0.170. The van der Waals surface area contributed by atoms with E-state index in [1.807, 2.05) is 0 Å². The molecular formula is C13H11BrF3N3O. The number of hydrogen-bond acceptors (Lipinski definition) is 3. The number of hydrogen-bond donors (Lipinski definition) is 1. The molecule has 21 heavy (non-hydrogen) atoms. The lowest BCUT2D eigenvalue weighted by Gasteiger charge is -2.14. The molecule has 0 aliphatic carbocycles. The molecule has 0 amide bonds. The normalized spacial score (nSPS) is 11.5. The number of benzene rings is 1. The van der Waals surface area contributed by atoms with Gasteiger partial charge in [-0.15, -0.1) is 0 Å². The van der Waals surface area contributed by atoms with Gasteiger partial charge in [0.05, 0.1) is 0 Å². The molecule has 0 saturated carbocycles. The molecule has 4 nitrogen and oxygen atoms in total. The van der Waals surface area contributed by atoms with E-state index in [4.69, 9.17) is 0 Å². The molecule has 8 heteroatoms. The highest BCUT2D eigenvalue weighted by molar-refractivity contribution is 9.10. The highest BCUT2D eigenvalue weighted by Crippen LogP contribution is 2.29. The summed E-state index contributed by atoms with van der Waals surface area (Å²) in [5.74, 6) is -0.170. The number of anilines is 2. The van der Waals surface area contributed by atoms with Crippen LogP contribution in [0, 0.1) is 6.92 Å². The van der Waals surface area contributed by atoms with Crippen LogP contribution in [0.25, 0.3) is 0 Å². The molecule has 0 atom stereocenters. The van der Waals surface area contributed by atoms with E-state index < -0.39 is 17.4 Å². The molecule has 0 spiro atoms. The van der Waals surface area contributed by atoms with Crippen LogP contribution in [-0.4, -0.2) is 9.55 Å². The summed E-state index contributed by atoms with van der Waals surface area (Å²) in [6.07, 6.45) is -4.67. The molecule has 0 radical (unpaired) electrons. The van der Waals surface area contributed by atoms with Crippen molar-refractivity contribution in [1.29, 1.82) is 0 Å². The average Bonchev–Trinajstić information content (AvgIpc) is 2.38. The second-order valence-corrected chi connectivity index (χ2v) is 5.25. The summed E-state index contributed by atoms with van der Waals surface area (Å²) in [6.45, 7) is 1.79. The lowest BCUT2D eigenvalue weighted by Crippen LogP contribution is -2.24. The van der Waals surface area contributed by atoms with Crippen LogP contribution in [0.15, 0.2) is 33.5 Å². The zero-order chi connectivity index (χ0) is 15.8. The summed E-state index contributed by atoms with van der Waals surface area (Å²) >= 11 is 3.33. The Kier molecular flexibility index (Phi) is 4.08. The smallest absolute Gasteiger partial charge is 0.325 e. The molecule has 0 unspecified atom stereocenters. The van der Waals surface area contributed by atoms with E-state index in [0.29, 0.717) is 11.8 Å². The Bertz CT molecular complexity index is 740. The first-order valence-corrected chi connectivity index (χ1v) is 6.67. The molecule has 0 saturated heterocycles. The van der Waals surface area contributed by atoms with Gasteiger partial charge < -0.3 is 5.32 Å². The molecule has 0 aliphatic rings. The van der Waals surface area contributed by atoms with Crippen LogP contribution in [0.1, 0.15) is 11.3 Å². The Morgan fingerprint density at radius 1 is 1.33 bits per heavy atom. The van der Waals surface area contributed by atoms with E-state index in [1.54, 1.807) is 25.1 Å². The van der Waals surface area contributed by atoms with Gasteiger partial charge in [0.2, 0.25) is 5.95 Å². The zero-order valence-corrected chi connectivity index (χ0v) is 12.7. The highest BCUT2D eigenvalue weighted by Gasteiger charge is 2.34. The first kappa shape index (κ1) is 15.6. The molecule has 0 fully saturated rings. The minimum atomic E-state index is -4.67. The van der Waals surface area contributed by atoms with Crippen molar-refractivity contribution in [3.63, 3.8) is 0 Å². The second kappa shape index (κ2) is 5.51. The standard InChI is InChI=1S/C13H11BrF3N3O/c1-7-8(14)4-3-5-9(7)18-12-19-10(13(15,16)17)6-11(21)20(12)2/h3-6H,1-2H3,(H,18,19). The molecule has 1 heterocycles. The van der Waals surface area contributed by atoms with Crippen molar-refractivity contribution in [2.45, 2.75) is 13.1 Å². The molecule has 112 valence electrons. The predicted octanol–water partition coefficient (Wildman–Crippen LogP) is 3.61.